The zero-order valence-electron chi connectivity index (χ0n) is 19.1. The lowest BCUT2D eigenvalue weighted by atomic mass is 9.88. The van der Waals surface area contributed by atoms with Crippen LogP contribution in [0.2, 0.25) is 0 Å². The summed E-state index contributed by atoms with van der Waals surface area (Å²) in [4.78, 5) is 33.4. The first-order valence-electron chi connectivity index (χ1n) is 11.5. The van der Waals surface area contributed by atoms with Crippen molar-refractivity contribution in [2.24, 2.45) is 5.92 Å². The normalized spacial score (nSPS) is 15.5. The highest BCUT2D eigenvalue weighted by atomic mass is 16.5. The third-order valence-corrected chi connectivity index (χ3v) is 6.46. The molecule has 1 unspecified atom stereocenters. The van der Waals surface area contributed by atoms with Gasteiger partial charge in [0.05, 0.1) is 29.2 Å². The number of ether oxygens (including phenoxy) is 1. The van der Waals surface area contributed by atoms with Crippen molar-refractivity contribution in [1.82, 2.24) is 14.5 Å². The molecule has 6 nitrogen and oxygen atoms in total. The Morgan fingerprint density at radius 1 is 1.12 bits per heavy atom. The van der Waals surface area contributed by atoms with Gasteiger partial charge in [-0.25, -0.2) is 4.98 Å². The Hall–Kier alpha value is -3.15. The first kappa shape index (κ1) is 22.1. The highest BCUT2D eigenvalue weighted by molar-refractivity contribution is 5.80. The monoisotopic (exact) mass is 433 g/mol. The fraction of sp³-hybridized carbons (Fsp3) is 0.423. The summed E-state index contributed by atoms with van der Waals surface area (Å²) in [5, 5.41) is 0.554. The topological polar surface area (TPSA) is 64.4 Å². The smallest absolute Gasteiger partial charge is 0.266 e. The number of carbonyl (C=O) groups is 1. The molecule has 0 N–H and O–H groups in total. The summed E-state index contributed by atoms with van der Waals surface area (Å²) in [6, 6.07) is 14.4. The molecule has 4 rings (SSSR count). The standard InChI is InChI=1S/C26H31N3O3/c1-4-32-21-16-14-20(15-17-21)29-24(27-23-13-9-8-12-22(23)26(29)31)18(2)28(3)25(30)19-10-6-5-7-11-19/h8-9,12-19H,4-7,10-11H2,1-3H3. The molecule has 1 aliphatic carbocycles. The minimum absolute atomic E-state index is 0.0577. The lowest BCUT2D eigenvalue weighted by molar-refractivity contribution is -0.137. The van der Waals surface area contributed by atoms with Crippen LogP contribution in [0.5, 0.6) is 5.75 Å². The molecule has 1 aliphatic rings. The Balaban J connectivity index is 1.79. The van der Waals surface area contributed by atoms with Crippen LogP contribution in [0.4, 0.5) is 0 Å². The molecule has 0 spiro atoms. The molecule has 1 heterocycles. The first-order valence-corrected chi connectivity index (χ1v) is 11.5. The van der Waals surface area contributed by atoms with Crippen LogP contribution >= 0.6 is 0 Å². The summed E-state index contributed by atoms with van der Waals surface area (Å²) in [6.07, 6.45) is 5.28. The third-order valence-electron chi connectivity index (χ3n) is 6.46. The van der Waals surface area contributed by atoms with Crippen LogP contribution in [0.25, 0.3) is 16.6 Å². The highest BCUT2D eigenvalue weighted by Gasteiger charge is 2.29. The van der Waals surface area contributed by atoms with Crippen molar-refractivity contribution in [3.63, 3.8) is 0 Å². The molecular formula is C26H31N3O3. The van der Waals surface area contributed by atoms with E-state index in [2.05, 4.69) is 0 Å². The van der Waals surface area contributed by atoms with Crippen molar-refractivity contribution in [3.05, 3.63) is 64.7 Å². The van der Waals surface area contributed by atoms with Gasteiger partial charge < -0.3 is 9.64 Å². The second-order valence-corrected chi connectivity index (χ2v) is 8.51. The largest absolute Gasteiger partial charge is 0.494 e. The molecule has 0 radical (unpaired) electrons. The predicted molar refractivity (Wildman–Crippen MR) is 126 cm³/mol. The van der Waals surface area contributed by atoms with Crippen LogP contribution in [-0.2, 0) is 4.79 Å². The van der Waals surface area contributed by atoms with Crippen LogP contribution in [-0.4, -0.2) is 34.0 Å². The van der Waals surface area contributed by atoms with Gasteiger partial charge in [-0.3, -0.25) is 14.2 Å². The van der Waals surface area contributed by atoms with E-state index in [4.69, 9.17) is 9.72 Å². The van der Waals surface area contributed by atoms with Gasteiger partial charge in [0.1, 0.15) is 11.6 Å². The lowest BCUT2D eigenvalue weighted by Gasteiger charge is -2.31. The van der Waals surface area contributed by atoms with E-state index in [1.165, 1.54) is 6.42 Å². The lowest BCUT2D eigenvalue weighted by Crippen LogP contribution is -2.38. The summed E-state index contributed by atoms with van der Waals surface area (Å²) in [6.45, 7) is 4.46. The summed E-state index contributed by atoms with van der Waals surface area (Å²) in [5.41, 5.74) is 1.21. The zero-order valence-corrected chi connectivity index (χ0v) is 19.1. The Labute approximate surface area is 188 Å². The van der Waals surface area contributed by atoms with Crippen LogP contribution in [0.15, 0.2) is 53.3 Å². The van der Waals surface area contributed by atoms with Crippen molar-refractivity contribution < 1.29 is 9.53 Å². The molecule has 1 fully saturated rings. The molecule has 32 heavy (non-hydrogen) atoms. The number of nitrogens with zero attached hydrogens (tertiary/aromatic N) is 3. The van der Waals surface area contributed by atoms with Gasteiger partial charge in [0.2, 0.25) is 5.91 Å². The van der Waals surface area contributed by atoms with Gasteiger partial charge in [-0.1, -0.05) is 31.4 Å². The molecule has 1 amide bonds. The van der Waals surface area contributed by atoms with Gasteiger partial charge in [-0.05, 0) is 63.1 Å². The van der Waals surface area contributed by atoms with Crippen LogP contribution in [0.3, 0.4) is 0 Å². The van der Waals surface area contributed by atoms with E-state index >= 15 is 0 Å². The van der Waals surface area contributed by atoms with Crippen molar-refractivity contribution in [2.45, 2.75) is 52.0 Å². The molecule has 0 bridgehead atoms. The summed E-state index contributed by atoms with van der Waals surface area (Å²) < 4.78 is 7.19. The molecule has 0 aliphatic heterocycles. The summed E-state index contributed by atoms with van der Waals surface area (Å²) >= 11 is 0. The van der Waals surface area contributed by atoms with E-state index in [-0.39, 0.29) is 23.4 Å². The number of benzene rings is 2. The average molecular weight is 434 g/mol. The van der Waals surface area contributed by atoms with E-state index in [9.17, 15) is 9.59 Å². The van der Waals surface area contributed by atoms with Crippen molar-refractivity contribution in [3.8, 4) is 11.4 Å². The van der Waals surface area contributed by atoms with Gasteiger partial charge in [-0.2, -0.15) is 0 Å². The second-order valence-electron chi connectivity index (χ2n) is 8.51. The molecule has 6 heteroatoms. The minimum Gasteiger partial charge on any atom is -0.494 e. The number of aromatic nitrogens is 2. The van der Waals surface area contributed by atoms with Gasteiger partial charge in [0.25, 0.3) is 5.56 Å². The molecule has 3 aromatic rings. The van der Waals surface area contributed by atoms with Crippen molar-refractivity contribution >= 4 is 16.8 Å². The van der Waals surface area contributed by atoms with E-state index in [0.717, 1.165) is 31.4 Å². The molecule has 2 aromatic carbocycles. The number of hydrogen-bond acceptors (Lipinski definition) is 4. The Morgan fingerprint density at radius 3 is 2.50 bits per heavy atom. The maximum Gasteiger partial charge on any atom is 0.266 e. The predicted octanol–water partition coefficient (Wildman–Crippen LogP) is 4.88. The average Bonchev–Trinajstić information content (AvgIpc) is 2.84. The zero-order chi connectivity index (χ0) is 22.7. The SMILES string of the molecule is CCOc1ccc(-n2c(C(C)N(C)C(=O)C3CCCCC3)nc3ccccc3c2=O)cc1. The minimum atomic E-state index is -0.353. The van der Waals surface area contributed by atoms with E-state index in [0.29, 0.717) is 29.0 Å². The fourth-order valence-electron chi connectivity index (χ4n) is 4.54. The van der Waals surface area contributed by atoms with Gasteiger partial charge in [0.15, 0.2) is 0 Å². The maximum atomic E-state index is 13.5. The number of fused-ring (bicyclic) bond motifs is 1. The van der Waals surface area contributed by atoms with E-state index in [1.54, 1.807) is 15.5 Å². The van der Waals surface area contributed by atoms with Crippen LogP contribution < -0.4 is 10.3 Å². The number of carbonyl (C=O) groups excluding carboxylic acids is 1. The van der Waals surface area contributed by atoms with Gasteiger partial charge in [-0.15, -0.1) is 0 Å². The Bertz CT molecular complexity index is 1150. The van der Waals surface area contributed by atoms with Crippen LogP contribution in [0.1, 0.15) is 57.8 Å². The van der Waals surface area contributed by atoms with Gasteiger partial charge in [0, 0.05) is 13.0 Å². The molecule has 0 saturated heterocycles. The Kier molecular flexibility index (Phi) is 6.58. The third kappa shape index (κ3) is 4.27. The quantitative estimate of drug-likeness (QED) is 0.556. The first-order chi connectivity index (χ1) is 15.5. The highest BCUT2D eigenvalue weighted by Crippen LogP contribution is 2.29. The molecule has 1 aromatic heterocycles. The Morgan fingerprint density at radius 2 is 1.81 bits per heavy atom. The summed E-state index contributed by atoms with van der Waals surface area (Å²) in [5.74, 6) is 1.50. The van der Waals surface area contributed by atoms with Crippen molar-refractivity contribution in [1.29, 1.82) is 0 Å². The molecule has 1 saturated carbocycles. The number of amides is 1. The molecule has 1 atom stereocenters. The van der Waals surface area contributed by atoms with Gasteiger partial charge >= 0.3 is 0 Å². The number of hydrogen-bond donors (Lipinski definition) is 0. The second kappa shape index (κ2) is 9.55. The number of para-hydroxylation sites is 1. The summed E-state index contributed by atoms with van der Waals surface area (Å²) in [7, 11) is 1.82. The maximum absolute atomic E-state index is 13.5. The molecule has 168 valence electrons. The van der Waals surface area contributed by atoms with E-state index in [1.807, 2.05) is 63.4 Å². The van der Waals surface area contributed by atoms with Crippen LogP contribution in [0, 0.1) is 5.92 Å². The van der Waals surface area contributed by atoms with E-state index < -0.39 is 0 Å². The number of rotatable bonds is 6. The van der Waals surface area contributed by atoms with Crippen molar-refractivity contribution in [2.75, 3.05) is 13.7 Å². The fourth-order valence-corrected chi connectivity index (χ4v) is 4.54. The molecular weight excluding hydrogens is 402 g/mol.